The molecule has 0 aliphatic heterocycles. The van der Waals surface area contributed by atoms with Crippen molar-refractivity contribution in [3.05, 3.63) is 64.7 Å². The van der Waals surface area contributed by atoms with Crippen LogP contribution in [0.5, 0.6) is 5.75 Å². The molecule has 2 rings (SSSR count). The summed E-state index contributed by atoms with van der Waals surface area (Å²) in [6.07, 6.45) is 4.10. The Morgan fingerprint density at radius 1 is 0.846 bits per heavy atom. The average molecular weight is 354 g/mol. The van der Waals surface area contributed by atoms with E-state index >= 15 is 0 Å². The Kier molecular flexibility index (Phi) is 7.39. The minimum Gasteiger partial charge on any atom is -0.462 e. The lowest BCUT2D eigenvalue weighted by atomic mass is 10.1. The van der Waals surface area contributed by atoms with Gasteiger partial charge < -0.3 is 9.47 Å². The zero-order chi connectivity index (χ0) is 18.9. The maximum atomic E-state index is 12.5. The smallest absolute Gasteiger partial charge is 0.344 e. The normalized spacial score (nSPS) is 10.4. The van der Waals surface area contributed by atoms with Crippen molar-refractivity contribution in [2.75, 3.05) is 6.61 Å². The lowest BCUT2D eigenvalue weighted by molar-refractivity contribution is 0.0489. The van der Waals surface area contributed by atoms with Gasteiger partial charge in [0, 0.05) is 0 Å². The van der Waals surface area contributed by atoms with E-state index in [0.717, 1.165) is 36.8 Å². The highest BCUT2D eigenvalue weighted by molar-refractivity contribution is 6.03. The van der Waals surface area contributed by atoms with Crippen LogP contribution in [-0.4, -0.2) is 18.5 Å². The zero-order valence-electron chi connectivity index (χ0n) is 15.7. The Labute approximate surface area is 155 Å². The van der Waals surface area contributed by atoms with Gasteiger partial charge in [-0.05, 0) is 55.7 Å². The number of hydrogen-bond acceptors (Lipinski definition) is 4. The van der Waals surface area contributed by atoms with Crippen molar-refractivity contribution in [2.24, 2.45) is 0 Å². The van der Waals surface area contributed by atoms with Crippen molar-refractivity contribution >= 4 is 11.9 Å². The second-order valence-electron chi connectivity index (χ2n) is 6.46. The molecule has 0 aliphatic rings. The molecule has 0 bridgehead atoms. The lowest BCUT2D eigenvalue weighted by Crippen LogP contribution is -2.16. The van der Waals surface area contributed by atoms with E-state index in [1.807, 2.05) is 19.9 Å². The molecule has 0 amide bonds. The SMILES string of the molecule is CCCCCCOC(=O)c1ccccc1C(=O)Oc1cc(C)cc(C)c1. The van der Waals surface area contributed by atoms with Crippen molar-refractivity contribution in [3.63, 3.8) is 0 Å². The summed E-state index contributed by atoms with van der Waals surface area (Å²) in [5, 5.41) is 0. The molecule has 2 aromatic rings. The lowest BCUT2D eigenvalue weighted by Gasteiger charge is -2.10. The van der Waals surface area contributed by atoms with Crippen LogP contribution in [0.1, 0.15) is 64.4 Å². The summed E-state index contributed by atoms with van der Waals surface area (Å²) >= 11 is 0. The standard InChI is InChI=1S/C22H26O4/c1-4-5-6-9-12-25-21(23)19-10-7-8-11-20(19)22(24)26-18-14-16(2)13-17(3)15-18/h7-8,10-11,13-15H,4-6,9,12H2,1-3H3. The van der Waals surface area contributed by atoms with Crippen molar-refractivity contribution in [1.29, 1.82) is 0 Å². The molecule has 0 aliphatic carbocycles. The highest BCUT2D eigenvalue weighted by Gasteiger charge is 2.19. The summed E-state index contributed by atoms with van der Waals surface area (Å²) in [6, 6.07) is 12.2. The van der Waals surface area contributed by atoms with E-state index in [1.54, 1.807) is 36.4 Å². The van der Waals surface area contributed by atoms with Gasteiger partial charge in [-0.25, -0.2) is 9.59 Å². The number of unbranched alkanes of at least 4 members (excludes halogenated alkanes) is 3. The monoisotopic (exact) mass is 354 g/mol. The zero-order valence-corrected chi connectivity index (χ0v) is 15.7. The molecule has 26 heavy (non-hydrogen) atoms. The van der Waals surface area contributed by atoms with Gasteiger partial charge in [-0.1, -0.05) is 44.4 Å². The quantitative estimate of drug-likeness (QED) is 0.369. The Hall–Kier alpha value is -2.62. The fourth-order valence-electron chi connectivity index (χ4n) is 2.76. The van der Waals surface area contributed by atoms with Gasteiger partial charge in [0.2, 0.25) is 0 Å². The van der Waals surface area contributed by atoms with Crippen LogP contribution in [0, 0.1) is 13.8 Å². The van der Waals surface area contributed by atoms with E-state index in [4.69, 9.17) is 9.47 Å². The molecule has 0 atom stereocenters. The number of carbonyl (C=O) groups is 2. The van der Waals surface area contributed by atoms with E-state index in [0.29, 0.717) is 12.4 Å². The van der Waals surface area contributed by atoms with Crippen molar-refractivity contribution in [1.82, 2.24) is 0 Å². The highest BCUT2D eigenvalue weighted by Crippen LogP contribution is 2.19. The first-order valence-electron chi connectivity index (χ1n) is 9.08. The third-order valence-electron chi connectivity index (χ3n) is 4.00. The van der Waals surface area contributed by atoms with Gasteiger partial charge in [-0.2, -0.15) is 0 Å². The molecule has 0 aromatic heterocycles. The topological polar surface area (TPSA) is 52.6 Å². The van der Waals surface area contributed by atoms with Gasteiger partial charge in [0.05, 0.1) is 17.7 Å². The number of esters is 2. The Morgan fingerprint density at radius 2 is 1.46 bits per heavy atom. The van der Waals surface area contributed by atoms with Crippen LogP contribution in [0.3, 0.4) is 0 Å². The number of carbonyl (C=O) groups excluding carboxylic acids is 2. The Bertz CT molecular complexity index is 744. The van der Waals surface area contributed by atoms with Gasteiger partial charge in [0.1, 0.15) is 5.75 Å². The van der Waals surface area contributed by atoms with Gasteiger partial charge in [-0.15, -0.1) is 0 Å². The van der Waals surface area contributed by atoms with E-state index in [1.165, 1.54) is 0 Å². The predicted octanol–water partition coefficient (Wildman–Crippen LogP) is 5.26. The minimum absolute atomic E-state index is 0.213. The molecular formula is C22H26O4. The first-order valence-corrected chi connectivity index (χ1v) is 9.08. The number of rotatable bonds is 8. The van der Waals surface area contributed by atoms with E-state index < -0.39 is 11.9 Å². The van der Waals surface area contributed by atoms with E-state index in [-0.39, 0.29) is 11.1 Å². The summed E-state index contributed by atoms with van der Waals surface area (Å²) < 4.78 is 10.8. The van der Waals surface area contributed by atoms with E-state index in [9.17, 15) is 9.59 Å². The number of ether oxygens (including phenoxy) is 2. The summed E-state index contributed by atoms with van der Waals surface area (Å²) in [4.78, 5) is 24.9. The molecule has 0 fully saturated rings. The van der Waals surface area contributed by atoms with E-state index in [2.05, 4.69) is 6.92 Å². The summed E-state index contributed by atoms with van der Waals surface area (Å²) in [5.41, 5.74) is 2.46. The van der Waals surface area contributed by atoms with Crippen molar-refractivity contribution < 1.29 is 19.1 Å². The molecule has 0 saturated heterocycles. The number of benzene rings is 2. The second-order valence-corrected chi connectivity index (χ2v) is 6.46. The Morgan fingerprint density at radius 3 is 2.08 bits per heavy atom. The molecule has 0 heterocycles. The van der Waals surface area contributed by atoms with Gasteiger partial charge in [-0.3, -0.25) is 0 Å². The van der Waals surface area contributed by atoms with Gasteiger partial charge in [0.15, 0.2) is 0 Å². The molecule has 0 saturated carbocycles. The average Bonchev–Trinajstić information content (AvgIpc) is 2.60. The van der Waals surface area contributed by atoms with Crippen LogP contribution in [0.15, 0.2) is 42.5 Å². The fourth-order valence-corrected chi connectivity index (χ4v) is 2.76. The van der Waals surface area contributed by atoms with Gasteiger partial charge in [0.25, 0.3) is 0 Å². The second kappa shape index (κ2) is 9.76. The first-order chi connectivity index (χ1) is 12.5. The Balaban J connectivity index is 2.07. The maximum Gasteiger partial charge on any atom is 0.344 e. The molecule has 4 nitrogen and oxygen atoms in total. The molecule has 138 valence electrons. The van der Waals surface area contributed by atoms with Crippen LogP contribution in [0.4, 0.5) is 0 Å². The van der Waals surface area contributed by atoms with Crippen molar-refractivity contribution in [3.8, 4) is 5.75 Å². The third kappa shape index (κ3) is 5.73. The van der Waals surface area contributed by atoms with Crippen LogP contribution < -0.4 is 4.74 Å². The molecule has 4 heteroatoms. The molecule has 0 spiro atoms. The fraction of sp³-hybridized carbons (Fsp3) is 0.364. The van der Waals surface area contributed by atoms with Crippen LogP contribution in [-0.2, 0) is 4.74 Å². The summed E-state index contributed by atoms with van der Waals surface area (Å²) in [5.74, 6) is -0.585. The summed E-state index contributed by atoms with van der Waals surface area (Å²) in [6.45, 7) is 6.37. The largest absolute Gasteiger partial charge is 0.462 e. The molecule has 0 unspecified atom stereocenters. The number of aryl methyl sites for hydroxylation is 2. The molecule has 2 aromatic carbocycles. The van der Waals surface area contributed by atoms with Gasteiger partial charge >= 0.3 is 11.9 Å². The predicted molar refractivity (Wildman–Crippen MR) is 102 cm³/mol. The van der Waals surface area contributed by atoms with Crippen LogP contribution in [0.2, 0.25) is 0 Å². The third-order valence-corrected chi connectivity index (χ3v) is 4.00. The molecule has 0 radical (unpaired) electrons. The minimum atomic E-state index is -0.562. The van der Waals surface area contributed by atoms with Crippen LogP contribution in [0.25, 0.3) is 0 Å². The summed E-state index contributed by atoms with van der Waals surface area (Å²) in [7, 11) is 0. The first kappa shape index (κ1) is 19.7. The maximum absolute atomic E-state index is 12.5. The number of hydrogen-bond donors (Lipinski definition) is 0. The highest BCUT2D eigenvalue weighted by atomic mass is 16.5. The van der Waals surface area contributed by atoms with Crippen LogP contribution >= 0.6 is 0 Å². The van der Waals surface area contributed by atoms with Crippen molar-refractivity contribution in [2.45, 2.75) is 46.5 Å². The molecular weight excluding hydrogens is 328 g/mol. The molecule has 0 N–H and O–H groups in total.